The van der Waals surface area contributed by atoms with Gasteiger partial charge >= 0.3 is 5.97 Å². The highest BCUT2D eigenvalue weighted by atomic mass is 35.5. The van der Waals surface area contributed by atoms with Gasteiger partial charge in [0.25, 0.3) is 0 Å². The number of esters is 1. The van der Waals surface area contributed by atoms with Crippen molar-refractivity contribution in [3.63, 3.8) is 0 Å². The van der Waals surface area contributed by atoms with Gasteiger partial charge in [0.15, 0.2) is 16.9 Å². The first-order valence-corrected chi connectivity index (χ1v) is 8.61. The molecule has 0 unspecified atom stereocenters. The summed E-state index contributed by atoms with van der Waals surface area (Å²) in [6.07, 6.45) is 0.610. The summed E-state index contributed by atoms with van der Waals surface area (Å²) in [7, 11) is 0. The summed E-state index contributed by atoms with van der Waals surface area (Å²) in [5.41, 5.74) is 1.32. The lowest BCUT2D eigenvalue weighted by molar-refractivity contribution is -0.109. The second kappa shape index (κ2) is 7.36. The standard InChI is InChI=1S/C18H19ClO4S/c1-11-6-5-7-12(10-11)15-13(19)14(22-9-8-20)16(24-15)17(21)23-18(2,3)4/h5-8,10H,9H2,1-4H3. The van der Waals surface area contributed by atoms with Crippen LogP contribution in [0.15, 0.2) is 24.3 Å². The molecule has 24 heavy (non-hydrogen) atoms. The van der Waals surface area contributed by atoms with Crippen LogP contribution in [0.25, 0.3) is 10.4 Å². The number of aldehydes is 1. The smallest absolute Gasteiger partial charge is 0.352 e. The molecule has 0 aliphatic heterocycles. The van der Waals surface area contributed by atoms with E-state index in [0.29, 0.717) is 16.2 Å². The van der Waals surface area contributed by atoms with E-state index >= 15 is 0 Å². The fourth-order valence-electron chi connectivity index (χ4n) is 2.07. The van der Waals surface area contributed by atoms with Crippen molar-refractivity contribution in [3.05, 3.63) is 39.7 Å². The number of benzene rings is 1. The Morgan fingerprint density at radius 1 is 1.33 bits per heavy atom. The van der Waals surface area contributed by atoms with Crippen LogP contribution in [0.1, 0.15) is 36.0 Å². The topological polar surface area (TPSA) is 52.6 Å². The third kappa shape index (κ3) is 4.36. The van der Waals surface area contributed by atoms with E-state index in [2.05, 4.69) is 0 Å². The molecule has 0 N–H and O–H groups in total. The first-order valence-electron chi connectivity index (χ1n) is 7.42. The molecule has 0 fully saturated rings. The molecule has 4 nitrogen and oxygen atoms in total. The number of rotatable bonds is 5. The van der Waals surface area contributed by atoms with Crippen molar-refractivity contribution in [3.8, 4) is 16.2 Å². The van der Waals surface area contributed by atoms with E-state index in [1.807, 2.05) is 31.2 Å². The van der Waals surface area contributed by atoms with Gasteiger partial charge in [-0.15, -0.1) is 11.3 Å². The Balaban J connectivity index is 2.51. The van der Waals surface area contributed by atoms with Gasteiger partial charge in [0.2, 0.25) is 0 Å². The molecule has 0 amide bonds. The van der Waals surface area contributed by atoms with Gasteiger partial charge in [0.05, 0.1) is 4.88 Å². The van der Waals surface area contributed by atoms with Gasteiger partial charge in [-0.2, -0.15) is 0 Å². The minimum absolute atomic E-state index is 0.181. The SMILES string of the molecule is Cc1cccc(-c2sc(C(=O)OC(C)(C)C)c(OCC=O)c2Cl)c1. The Hall–Kier alpha value is -1.85. The van der Waals surface area contributed by atoms with E-state index in [1.54, 1.807) is 20.8 Å². The quantitative estimate of drug-likeness (QED) is 0.557. The maximum atomic E-state index is 12.5. The molecule has 1 heterocycles. The second-order valence-corrected chi connectivity index (χ2v) is 7.65. The van der Waals surface area contributed by atoms with Gasteiger partial charge < -0.3 is 9.47 Å². The summed E-state index contributed by atoms with van der Waals surface area (Å²) in [5, 5.41) is 0.313. The number of ether oxygens (including phenoxy) is 2. The Morgan fingerprint density at radius 2 is 2.04 bits per heavy atom. The molecule has 2 rings (SSSR count). The molecule has 0 saturated heterocycles. The van der Waals surface area contributed by atoms with Gasteiger partial charge in [-0.1, -0.05) is 41.4 Å². The van der Waals surface area contributed by atoms with Crippen LogP contribution in [0.4, 0.5) is 0 Å². The van der Waals surface area contributed by atoms with Crippen LogP contribution in [0.2, 0.25) is 5.02 Å². The lowest BCUT2D eigenvalue weighted by Gasteiger charge is -2.19. The molecule has 0 aliphatic carbocycles. The van der Waals surface area contributed by atoms with E-state index in [9.17, 15) is 9.59 Å². The zero-order chi connectivity index (χ0) is 17.9. The predicted octanol–water partition coefficient (Wildman–Crippen LogP) is 4.91. The van der Waals surface area contributed by atoms with Crippen molar-refractivity contribution >= 4 is 35.2 Å². The Morgan fingerprint density at radius 3 is 2.62 bits per heavy atom. The average Bonchev–Trinajstić information content (AvgIpc) is 2.80. The maximum absolute atomic E-state index is 12.5. The summed E-state index contributed by atoms with van der Waals surface area (Å²) in [4.78, 5) is 24.1. The van der Waals surface area contributed by atoms with E-state index < -0.39 is 11.6 Å². The van der Waals surface area contributed by atoms with Crippen LogP contribution >= 0.6 is 22.9 Å². The lowest BCUT2D eigenvalue weighted by atomic mass is 10.1. The molecule has 0 spiro atoms. The number of aryl methyl sites for hydroxylation is 1. The van der Waals surface area contributed by atoms with E-state index in [-0.39, 0.29) is 17.2 Å². The van der Waals surface area contributed by atoms with Crippen molar-refractivity contribution in [1.29, 1.82) is 0 Å². The van der Waals surface area contributed by atoms with Gasteiger partial charge in [-0.05, 0) is 33.3 Å². The summed E-state index contributed by atoms with van der Waals surface area (Å²) < 4.78 is 10.8. The molecule has 0 aliphatic rings. The number of carbonyl (C=O) groups excluding carboxylic acids is 2. The molecule has 0 saturated carbocycles. The van der Waals surface area contributed by atoms with Gasteiger partial charge in [0, 0.05) is 0 Å². The minimum atomic E-state index is -0.640. The van der Waals surface area contributed by atoms with E-state index in [4.69, 9.17) is 21.1 Å². The Bertz CT molecular complexity index is 759. The first kappa shape index (κ1) is 18.5. The van der Waals surface area contributed by atoms with Crippen LogP contribution < -0.4 is 4.74 Å². The van der Waals surface area contributed by atoms with Crippen LogP contribution in [0, 0.1) is 6.92 Å². The summed E-state index contributed by atoms with van der Waals surface area (Å²) in [6, 6.07) is 7.77. The number of thiophene rings is 1. The molecule has 128 valence electrons. The largest absolute Gasteiger partial charge is 0.483 e. The molecule has 0 atom stereocenters. The third-order valence-corrected chi connectivity index (χ3v) is 4.64. The van der Waals surface area contributed by atoms with E-state index in [0.717, 1.165) is 11.1 Å². The van der Waals surface area contributed by atoms with Crippen molar-refractivity contribution in [2.45, 2.75) is 33.3 Å². The van der Waals surface area contributed by atoms with Crippen molar-refractivity contribution in [2.75, 3.05) is 6.61 Å². The Labute approximate surface area is 150 Å². The Kier molecular flexibility index (Phi) is 5.67. The van der Waals surface area contributed by atoms with Gasteiger partial charge in [-0.25, -0.2) is 4.79 Å². The molecular weight excluding hydrogens is 348 g/mol. The molecule has 0 bridgehead atoms. The molecule has 6 heteroatoms. The molecule has 1 aromatic carbocycles. The first-order chi connectivity index (χ1) is 11.2. The number of hydrogen-bond donors (Lipinski definition) is 0. The summed E-state index contributed by atoms with van der Waals surface area (Å²) >= 11 is 7.63. The molecule has 1 aromatic heterocycles. The van der Waals surface area contributed by atoms with Gasteiger partial charge in [0.1, 0.15) is 17.2 Å². The van der Waals surface area contributed by atoms with Gasteiger partial charge in [-0.3, -0.25) is 4.79 Å². The predicted molar refractivity (Wildman–Crippen MR) is 96.2 cm³/mol. The monoisotopic (exact) mass is 366 g/mol. The lowest BCUT2D eigenvalue weighted by Crippen LogP contribution is -2.23. The number of halogens is 1. The zero-order valence-electron chi connectivity index (χ0n) is 14.0. The maximum Gasteiger partial charge on any atom is 0.352 e. The zero-order valence-corrected chi connectivity index (χ0v) is 15.6. The fourth-order valence-corrected chi connectivity index (χ4v) is 3.51. The highest BCUT2D eigenvalue weighted by molar-refractivity contribution is 7.18. The van der Waals surface area contributed by atoms with Crippen molar-refractivity contribution < 1.29 is 19.1 Å². The highest BCUT2D eigenvalue weighted by Crippen LogP contribution is 2.46. The number of hydrogen-bond acceptors (Lipinski definition) is 5. The van der Waals surface area contributed by atoms with Crippen molar-refractivity contribution in [2.24, 2.45) is 0 Å². The molecule has 2 aromatic rings. The second-order valence-electron chi connectivity index (χ2n) is 6.25. The number of carbonyl (C=O) groups is 2. The summed E-state index contributed by atoms with van der Waals surface area (Å²) in [6.45, 7) is 7.15. The van der Waals surface area contributed by atoms with Crippen LogP contribution in [-0.2, 0) is 9.53 Å². The molecule has 0 radical (unpaired) electrons. The fraction of sp³-hybridized carbons (Fsp3) is 0.333. The van der Waals surface area contributed by atoms with Crippen LogP contribution in [0.5, 0.6) is 5.75 Å². The molecular formula is C18H19ClO4S. The van der Waals surface area contributed by atoms with Crippen LogP contribution in [-0.4, -0.2) is 24.5 Å². The third-order valence-electron chi connectivity index (χ3n) is 2.97. The minimum Gasteiger partial charge on any atom is -0.483 e. The van der Waals surface area contributed by atoms with E-state index in [1.165, 1.54) is 11.3 Å². The average molecular weight is 367 g/mol. The summed E-state index contributed by atoms with van der Waals surface area (Å²) in [5.74, 6) is -0.325. The van der Waals surface area contributed by atoms with Crippen LogP contribution in [0.3, 0.4) is 0 Å². The normalized spacial score (nSPS) is 11.2. The highest BCUT2D eigenvalue weighted by Gasteiger charge is 2.28. The van der Waals surface area contributed by atoms with Crippen molar-refractivity contribution in [1.82, 2.24) is 0 Å².